The molecule has 1 aliphatic heterocycles. The minimum absolute atomic E-state index is 0.107. The minimum atomic E-state index is -0.107. The second-order valence-electron chi connectivity index (χ2n) is 5.13. The molecule has 1 heterocycles. The van der Waals surface area contributed by atoms with Crippen LogP contribution in [0.4, 0.5) is 5.69 Å². The summed E-state index contributed by atoms with van der Waals surface area (Å²) < 4.78 is 0. The Bertz CT molecular complexity index is 541. The Morgan fingerprint density at radius 3 is 1.95 bits per heavy atom. The molecular weight excluding hydrogens is 238 g/mol. The van der Waals surface area contributed by atoms with Crippen LogP contribution in [0.1, 0.15) is 38.2 Å². The lowest BCUT2D eigenvalue weighted by molar-refractivity contribution is -0.120. The second-order valence-corrected chi connectivity index (χ2v) is 5.13. The molecule has 0 spiro atoms. The first-order valence-electron chi connectivity index (χ1n) is 6.92. The van der Waals surface area contributed by atoms with Crippen molar-refractivity contribution < 1.29 is 9.59 Å². The predicted molar refractivity (Wildman–Crippen MR) is 73.8 cm³/mol. The van der Waals surface area contributed by atoms with Gasteiger partial charge in [-0.15, -0.1) is 0 Å². The quantitative estimate of drug-likeness (QED) is 0.762. The van der Waals surface area contributed by atoms with Gasteiger partial charge in [-0.1, -0.05) is 19.1 Å². The number of anilines is 1. The molecule has 2 aliphatic rings. The Hall–Kier alpha value is -1.90. The normalized spacial score (nSPS) is 19.1. The van der Waals surface area contributed by atoms with Gasteiger partial charge in [0.15, 0.2) is 0 Å². The van der Waals surface area contributed by atoms with Gasteiger partial charge in [0, 0.05) is 11.1 Å². The Balaban J connectivity index is 1.94. The number of hydrogen-bond donors (Lipinski definition) is 0. The third-order valence-electron chi connectivity index (χ3n) is 3.99. The SMILES string of the molecule is CCc1ccc(N2C(=O)C3=C(CCCC3)C2=O)cc1. The molecule has 3 rings (SSSR count). The molecule has 0 atom stereocenters. The van der Waals surface area contributed by atoms with Crippen molar-refractivity contribution in [1.29, 1.82) is 0 Å². The molecule has 0 radical (unpaired) electrons. The van der Waals surface area contributed by atoms with Crippen LogP contribution in [0, 0.1) is 0 Å². The van der Waals surface area contributed by atoms with Crippen molar-refractivity contribution in [2.24, 2.45) is 0 Å². The zero-order chi connectivity index (χ0) is 13.4. The lowest BCUT2D eigenvalue weighted by Crippen LogP contribution is -2.31. The summed E-state index contributed by atoms with van der Waals surface area (Å²) in [5.41, 5.74) is 3.40. The molecule has 3 heteroatoms. The summed E-state index contributed by atoms with van der Waals surface area (Å²) >= 11 is 0. The number of rotatable bonds is 2. The van der Waals surface area contributed by atoms with Crippen molar-refractivity contribution in [3.8, 4) is 0 Å². The number of hydrogen-bond acceptors (Lipinski definition) is 2. The zero-order valence-corrected chi connectivity index (χ0v) is 11.1. The monoisotopic (exact) mass is 255 g/mol. The highest BCUT2D eigenvalue weighted by Gasteiger charge is 2.39. The van der Waals surface area contributed by atoms with Crippen LogP contribution in [-0.2, 0) is 16.0 Å². The van der Waals surface area contributed by atoms with Crippen molar-refractivity contribution in [2.75, 3.05) is 4.90 Å². The van der Waals surface area contributed by atoms with E-state index in [1.165, 1.54) is 10.5 Å². The van der Waals surface area contributed by atoms with Crippen molar-refractivity contribution in [3.05, 3.63) is 41.0 Å². The summed E-state index contributed by atoms with van der Waals surface area (Å²) in [4.78, 5) is 26.0. The summed E-state index contributed by atoms with van der Waals surface area (Å²) in [5.74, 6) is -0.215. The van der Waals surface area contributed by atoms with Gasteiger partial charge >= 0.3 is 0 Å². The van der Waals surface area contributed by atoms with Crippen LogP contribution in [0.15, 0.2) is 35.4 Å². The number of nitrogens with zero attached hydrogens (tertiary/aromatic N) is 1. The van der Waals surface area contributed by atoms with Crippen LogP contribution < -0.4 is 4.90 Å². The Morgan fingerprint density at radius 1 is 0.947 bits per heavy atom. The minimum Gasteiger partial charge on any atom is -0.269 e. The molecule has 1 aliphatic carbocycles. The lowest BCUT2D eigenvalue weighted by Gasteiger charge is -2.15. The van der Waals surface area contributed by atoms with E-state index < -0.39 is 0 Å². The van der Waals surface area contributed by atoms with Gasteiger partial charge in [-0.05, 0) is 49.8 Å². The Kier molecular flexibility index (Phi) is 2.97. The first kappa shape index (κ1) is 12.2. The van der Waals surface area contributed by atoms with E-state index in [1.807, 2.05) is 24.3 Å². The van der Waals surface area contributed by atoms with E-state index in [2.05, 4.69) is 6.92 Å². The van der Waals surface area contributed by atoms with Gasteiger partial charge in [-0.3, -0.25) is 9.59 Å². The average Bonchev–Trinajstić information content (AvgIpc) is 2.72. The van der Waals surface area contributed by atoms with Crippen LogP contribution in [0.2, 0.25) is 0 Å². The average molecular weight is 255 g/mol. The number of amides is 2. The number of aryl methyl sites for hydroxylation is 1. The van der Waals surface area contributed by atoms with Gasteiger partial charge in [0.1, 0.15) is 0 Å². The fourth-order valence-electron chi connectivity index (χ4n) is 2.85. The van der Waals surface area contributed by atoms with E-state index in [1.54, 1.807) is 0 Å². The number of carbonyl (C=O) groups is 2. The number of carbonyl (C=O) groups excluding carboxylic acids is 2. The van der Waals surface area contributed by atoms with Crippen molar-refractivity contribution in [2.45, 2.75) is 39.0 Å². The standard InChI is InChI=1S/C16H17NO2/c1-2-11-7-9-12(10-8-11)17-15(18)13-5-3-4-6-14(13)16(17)19/h7-10H,2-6H2,1H3. The zero-order valence-electron chi connectivity index (χ0n) is 11.1. The van der Waals surface area contributed by atoms with E-state index in [0.717, 1.165) is 43.3 Å². The van der Waals surface area contributed by atoms with Gasteiger partial charge in [-0.2, -0.15) is 0 Å². The molecule has 0 aromatic heterocycles. The highest BCUT2D eigenvalue weighted by atomic mass is 16.2. The molecule has 98 valence electrons. The maximum absolute atomic E-state index is 12.4. The predicted octanol–water partition coefficient (Wildman–Crippen LogP) is 2.99. The van der Waals surface area contributed by atoms with E-state index >= 15 is 0 Å². The van der Waals surface area contributed by atoms with Crippen LogP contribution >= 0.6 is 0 Å². The largest absolute Gasteiger partial charge is 0.269 e. The van der Waals surface area contributed by atoms with E-state index in [-0.39, 0.29) is 11.8 Å². The first-order valence-corrected chi connectivity index (χ1v) is 6.92. The molecule has 1 aromatic carbocycles. The van der Waals surface area contributed by atoms with Crippen molar-refractivity contribution >= 4 is 17.5 Å². The summed E-state index contributed by atoms with van der Waals surface area (Å²) in [6, 6.07) is 7.70. The Morgan fingerprint density at radius 2 is 1.47 bits per heavy atom. The van der Waals surface area contributed by atoms with E-state index in [4.69, 9.17) is 0 Å². The summed E-state index contributed by atoms with van der Waals surface area (Å²) in [6.07, 6.45) is 4.49. The third-order valence-corrected chi connectivity index (χ3v) is 3.99. The molecular formula is C16H17NO2. The van der Waals surface area contributed by atoms with Crippen molar-refractivity contribution in [1.82, 2.24) is 0 Å². The molecule has 0 fully saturated rings. The molecule has 0 N–H and O–H groups in total. The van der Waals surface area contributed by atoms with Gasteiger partial charge in [0.05, 0.1) is 5.69 Å². The second kappa shape index (κ2) is 4.65. The third kappa shape index (κ3) is 1.89. The smallest absolute Gasteiger partial charge is 0.261 e. The van der Waals surface area contributed by atoms with Crippen molar-refractivity contribution in [3.63, 3.8) is 0 Å². The summed E-state index contributed by atoms with van der Waals surface area (Å²) in [5, 5.41) is 0. The van der Waals surface area contributed by atoms with Gasteiger partial charge in [0.25, 0.3) is 11.8 Å². The van der Waals surface area contributed by atoms with Crippen LogP contribution in [0.3, 0.4) is 0 Å². The Labute approximate surface area is 112 Å². The van der Waals surface area contributed by atoms with E-state index in [0.29, 0.717) is 5.69 Å². The molecule has 0 saturated carbocycles. The maximum atomic E-state index is 12.4. The lowest BCUT2D eigenvalue weighted by atomic mass is 9.93. The van der Waals surface area contributed by atoms with Gasteiger partial charge in [-0.25, -0.2) is 4.90 Å². The molecule has 0 saturated heterocycles. The summed E-state index contributed by atoms with van der Waals surface area (Å²) in [7, 11) is 0. The molecule has 2 amide bonds. The van der Waals surface area contributed by atoms with Gasteiger partial charge < -0.3 is 0 Å². The molecule has 19 heavy (non-hydrogen) atoms. The number of imide groups is 1. The fourth-order valence-corrected chi connectivity index (χ4v) is 2.85. The van der Waals surface area contributed by atoms with E-state index in [9.17, 15) is 9.59 Å². The maximum Gasteiger partial charge on any atom is 0.261 e. The highest BCUT2D eigenvalue weighted by molar-refractivity contribution is 6.33. The van der Waals surface area contributed by atoms with Crippen LogP contribution in [0.25, 0.3) is 0 Å². The fraction of sp³-hybridized carbons (Fsp3) is 0.375. The molecule has 3 nitrogen and oxygen atoms in total. The first-order chi connectivity index (χ1) is 9.22. The highest BCUT2D eigenvalue weighted by Crippen LogP contribution is 2.35. The summed E-state index contributed by atoms with van der Waals surface area (Å²) in [6.45, 7) is 2.08. The number of benzene rings is 1. The van der Waals surface area contributed by atoms with Crippen LogP contribution in [0.5, 0.6) is 0 Å². The topological polar surface area (TPSA) is 37.4 Å². The molecule has 1 aromatic rings. The van der Waals surface area contributed by atoms with Gasteiger partial charge in [0.2, 0.25) is 0 Å². The van der Waals surface area contributed by atoms with Crippen LogP contribution in [-0.4, -0.2) is 11.8 Å². The molecule has 0 unspecified atom stereocenters. The molecule has 0 bridgehead atoms.